The molecular weight excluding hydrogens is 323 g/mol. The molecule has 2 amide bonds. The van der Waals surface area contributed by atoms with Crippen molar-refractivity contribution in [3.63, 3.8) is 0 Å². The van der Waals surface area contributed by atoms with E-state index in [1.165, 1.54) is 13.0 Å². The van der Waals surface area contributed by atoms with Crippen molar-refractivity contribution in [2.45, 2.75) is 13.8 Å². The maximum atomic E-state index is 12.3. The van der Waals surface area contributed by atoms with Gasteiger partial charge in [-0.15, -0.1) is 0 Å². The van der Waals surface area contributed by atoms with Gasteiger partial charge in [0.15, 0.2) is 0 Å². The van der Waals surface area contributed by atoms with Gasteiger partial charge < -0.3 is 10.6 Å². The molecule has 0 heterocycles. The van der Waals surface area contributed by atoms with Crippen LogP contribution in [0, 0.1) is 6.92 Å². The third-order valence-electron chi connectivity index (χ3n) is 2.96. The Morgan fingerprint density at radius 3 is 2.18 bits per heavy atom. The summed E-state index contributed by atoms with van der Waals surface area (Å²) in [6.45, 7) is 3.27. The van der Waals surface area contributed by atoms with Gasteiger partial charge >= 0.3 is 0 Å². The minimum absolute atomic E-state index is 0.223. The van der Waals surface area contributed by atoms with Crippen LogP contribution in [0.15, 0.2) is 36.4 Å². The number of nitrogens with one attached hydrogen (secondary N) is 2. The molecule has 0 fully saturated rings. The zero-order valence-corrected chi connectivity index (χ0v) is 13.5. The van der Waals surface area contributed by atoms with E-state index in [4.69, 9.17) is 23.2 Å². The maximum absolute atomic E-state index is 12.3. The second-order valence-corrected chi connectivity index (χ2v) is 5.61. The topological polar surface area (TPSA) is 58.2 Å². The van der Waals surface area contributed by atoms with E-state index in [2.05, 4.69) is 10.6 Å². The Hall–Kier alpha value is -2.04. The number of hydrogen-bond acceptors (Lipinski definition) is 2. The van der Waals surface area contributed by atoms with E-state index in [1.807, 2.05) is 13.0 Å². The Morgan fingerprint density at radius 1 is 0.909 bits per heavy atom. The third kappa shape index (κ3) is 4.00. The van der Waals surface area contributed by atoms with Crippen LogP contribution in [0.4, 0.5) is 11.4 Å². The fourth-order valence-corrected chi connectivity index (χ4v) is 2.23. The van der Waals surface area contributed by atoms with Crippen LogP contribution in [0.3, 0.4) is 0 Å². The summed E-state index contributed by atoms with van der Waals surface area (Å²) in [5.41, 5.74) is 2.26. The molecule has 6 heteroatoms. The van der Waals surface area contributed by atoms with Crippen LogP contribution < -0.4 is 10.6 Å². The zero-order chi connectivity index (χ0) is 16.3. The molecule has 0 aliphatic rings. The monoisotopic (exact) mass is 336 g/mol. The summed E-state index contributed by atoms with van der Waals surface area (Å²) >= 11 is 12.1. The van der Waals surface area contributed by atoms with E-state index in [9.17, 15) is 9.59 Å². The lowest BCUT2D eigenvalue weighted by Crippen LogP contribution is -2.14. The van der Waals surface area contributed by atoms with Gasteiger partial charge in [0.05, 0.1) is 10.6 Å². The molecule has 0 aliphatic heterocycles. The van der Waals surface area contributed by atoms with Crippen molar-refractivity contribution in [2.75, 3.05) is 10.6 Å². The normalized spacial score (nSPS) is 10.2. The van der Waals surface area contributed by atoms with Crippen LogP contribution >= 0.6 is 23.2 Å². The molecule has 0 saturated carbocycles. The molecule has 114 valence electrons. The van der Waals surface area contributed by atoms with Crippen molar-refractivity contribution < 1.29 is 9.59 Å². The molecule has 0 unspecified atom stereocenters. The van der Waals surface area contributed by atoms with Gasteiger partial charge in [-0.3, -0.25) is 9.59 Å². The number of halogens is 2. The highest BCUT2D eigenvalue weighted by Gasteiger charge is 2.12. The minimum atomic E-state index is -0.378. The van der Waals surface area contributed by atoms with E-state index in [1.54, 1.807) is 24.3 Å². The molecular formula is C16H14Cl2N2O2. The van der Waals surface area contributed by atoms with E-state index in [0.717, 1.165) is 5.56 Å². The highest BCUT2D eigenvalue weighted by Crippen LogP contribution is 2.24. The Balaban J connectivity index is 2.24. The first-order chi connectivity index (χ1) is 10.4. The lowest BCUT2D eigenvalue weighted by atomic mass is 10.1. The number of amides is 2. The summed E-state index contributed by atoms with van der Waals surface area (Å²) in [5, 5.41) is 6.20. The smallest absolute Gasteiger partial charge is 0.257 e. The predicted octanol–water partition coefficient (Wildman–Crippen LogP) is 4.51. The number of anilines is 2. The van der Waals surface area contributed by atoms with Crippen LogP contribution in [0.5, 0.6) is 0 Å². The van der Waals surface area contributed by atoms with Crippen LogP contribution in [0.2, 0.25) is 10.0 Å². The average molecular weight is 337 g/mol. The number of carbonyl (C=O) groups is 2. The summed E-state index contributed by atoms with van der Waals surface area (Å²) < 4.78 is 0. The Morgan fingerprint density at radius 2 is 1.55 bits per heavy atom. The Kier molecular flexibility index (Phi) is 5.06. The molecule has 0 aromatic heterocycles. The Labute approximate surface area is 138 Å². The highest BCUT2D eigenvalue weighted by molar-refractivity contribution is 6.34. The Bertz CT molecular complexity index is 745. The molecule has 0 spiro atoms. The fourth-order valence-electron chi connectivity index (χ4n) is 1.85. The summed E-state index contributed by atoms with van der Waals surface area (Å²) in [4.78, 5) is 23.4. The van der Waals surface area contributed by atoms with Crippen molar-refractivity contribution in [3.05, 3.63) is 57.6 Å². The number of rotatable bonds is 3. The van der Waals surface area contributed by atoms with Crippen molar-refractivity contribution in [2.24, 2.45) is 0 Å². The average Bonchev–Trinajstić information content (AvgIpc) is 2.44. The van der Waals surface area contributed by atoms with Crippen LogP contribution in [0.25, 0.3) is 0 Å². The van der Waals surface area contributed by atoms with Crippen molar-refractivity contribution in [1.82, 2.24) is 0 Å². The maximum Gasteiger partial charge on any atom is 0.257 e. The van der Waals surface area contributed by atoms with Crippen molar-refractivity contribution >= 4 is 46.4 Å². The summed E-state index contributed by atoms with van der Waals surface area (Å²) in [6, 6.07) is 9.94. The van der Waals surface area contributed by atoms with Gasteiger partial charge in [0.25, 0.3) is 5.91 Å². The summed E-state index contributed by atoms with van der Waals surface area (Å²) in [5.74, 6) is -0.601. The summed E-state index contributed by atoms with van der Waals surface area (Å²) in [7, 11) is 0. The first kappa shape index (κ1) is 16.3. The quantitative estimate of drug-likeness (QED) is 0.866. The number of carbonyl (C=O) groups excluding carboxylic acids is 2. The van der Waals surface area contributed by atoms with E-state index in [-0.39, 0.29) is 17.4 Å². The van der Waals surface area contributed by atoms with Crippen LogP contribution in [-0.2, 0) is 4.79 Å². The zero-order valence-electron chi connectivity index (χ0n) is 12.0. The molecule has 0 aliphatic carbocycles. The van der Waals surface area contributed by atoms with Gasteiger partial charge in [0.2, 0.25) is 5.91 Å². The van der Waals surface area contributed by atoms with Gasteiger partial charge in [0, 0.05) is 23.3 Å². The molecule has 0 atom stereocenters. The second-order valence-electron chi connectivity index (χ2n) is 4.79. The van der Waals surface area contributed by atoms with Crippen LogP contribution in [-0.4, -0.2) is 11.8 Å². The van der Waals surface area contributed by atoms with Crippen molar-refractivity contribution in [1.29, 1.82) is 0 Å². The lowest BCUT2D eigenvalue weighted by Gasteiger charge is -2.10. The highest BCUT2D eigenvalue weighted by atomic mass is 35.5. The molecule has 0 bridgehead atoms. The van der Waals surface area contributed by atoms with Gasteiger partial charge in [-0.2, -0.15) is 0 Å². The van der Waals surface area contributed by atoms with E-state index >= 15 is 0 Å². The summed E-state index contributed by atoms with van der Waals surface area (Å²) in [6.07, 6.45) is 0. The first-order valence-corrected chi connectivity index (χ1v) is 7.27. The van der Waals surface area contributed by atoms with Gasteiger partial charge in [-0.25, -0.2) is 0 Å². The second kappa shape index (κ2) is 6.81. The molecule has 2 aromatic carbocycles. The third-order valence-corrected chi connectivity index (χ3v) is 3.70. The van der Waals surface area contributed by atoms with Gasteiger partial charge in [-0.05, 0) is 42.8 Å². The molecule has 4 nitrogen and oxygen atoms in total. The molecule has 0 radical (unpaired) electrons. The number of benzene rings is 2. The van der Waals surface area contributed by atoms with E-state index in [0.29, 0.717) is 21.4 Å². The number of hydrogen-bond donors (Lipinski definition) is 2. The van der Waals surface area contributed by atoms with Crippen molar-refractivity contribution in [3.8, 4) is 0 Å². The standard InChI is InChI=1S/C16H14Cl2N2O2/c1-9-3-4-12(8-15(9)18)20-16(22)13-7-11(19-10(2)21)5-6-14(13)17/h3-8H,1-2H3,(H,19,21)(H,20,22). The molecule has 2 N–H and O–H groups in total. The largest absolute Gasteiger partial charge is 0.326 e. The molecule has 2 aromatic rings. The molecule has 22 heavy (non-hydrogen) atoms. The lowest BCUT2D eigenvalue weighted by molar-refractivity contribution is -0.114. The first-order valence-electron chi connectivity index (χ1n) is 6.51. The SMILES string of the molecule is CC(=O)Nc1ccc(Cl)c(C(=O)Nc2ccc(C)c(Cl)c2)c1. The minimum Gasteiger partial charge on any atom is -0.326 e. The number of aryl methyl sites for hydroxylation is 1. The predicted molar refractivity (Wildman–Crippen MR) is 89.9 cm³/mol. The fraction of sp³-hybridized carbons (Fsp3) is 0.125. The van der Waals surface area contributed by atoms with E-state index < -0.39 is 0 Å². The molecule has 2 rings (SSSR count). The van der Waals surface area contributed by atoms with Gasteiger partial charge in [0.1, 0.15) is 0 Å². The van der Waals surface area contributed by atoms with Crippen LogP contribution in [0.1, 0.15) is 22.8 Å². The van der Waals surface area contributed by atoms with Gasteiger partial charge in [-0.1, -0.05) is 29.3 Å². The molecule has 0 saturated heterocycles.